The van der Waals surface area contributed by atoms with E-state index in [9.17, 15) is 8.78 Å². The first kappa shape index (κ1) is 20.0. The van der Waals surface area contributed by atoms with Gasteiger partial charge in [0, 0.05) is 16.6 Å². The Labute approximate surface area is 165 Å². The van der Waals surface area contributed by atoms with Crippen molar-refractivity contribution in [2.45, 2.75) is 26.1 Å². The molecule has 0 bridgehead atoms. The fraction of sp³-hybridized carbons (Fsp3) is 0.263. The Hall–Kier alpha value is -2.71. The Bertz CT molecular complexity index is 936. The third-order valence-electron chi connectivity index (χ3n) is 4.01. The van der Waals surface area contributed by atoms with Crippen molar-refractivity contribution >= 4 is 11.6 Å². The number of rotatable bonds is 8. The number of hydrogen-bond acceptors (Lipinski definition) is 6. The molecule has 0 spiro atoms. The van der Waals surface area contributed by atoms with Gasteiger partial charge < -0.3 is 19.3 Å². The molecule has 3 rings (SSSR count). The predicted octanol–water partition coefficient (Wildman–Crippen LogP) is 4.85. The van der Waals surface area contributed by atoms with Crippen molar-refractivity contribution in [2.75, 3.05) is 7.11 Å². The number of alkyl halides is 2. The zero-order valence-corrected chi connectivity index (χ0v) is 15.9. The van der Waals surface area contributed by atoms with Crippen LogP contribution in [0, 0.1) is 0 Å². The van der Waals surface area contributed by atoms with E-state index in [1.807, 2.05) is 31.2 Å². The molecule has 2 aromatic carbocycles. The first-order valence-electron chi connectivity index (χ1n) is 8.41. The maximum absolute atomic E-state index is 12.4. The van der Waals surface area contributed by atoms with Gasteiger partial charge in [-0.05, 0) is 42.8 Å². The average Bonchev–Trinajstić information content (AvgIpc) is 3.15. The second kappa shape index (κ2) is 8.99. The average molecular weight is 410 g/mol. The fourth-order valence-electron chi connectivity index (χ4n) is 2.58. The van der Waals surface area contributed by atoms with Crippen LogP contribution in [0.25, 0.3) is 11.4 Å². The van der Waals surface area contributed by atoms with Gasteiger partial charge in [0.25, 0.3) is 0 Å². The Balaban J connectivity index is 1.68. The van der Waals surface area contributed by atoms with Crippen LogP contribution < -0.4 is 14.8 Å². The predicted molar refractivity (Wildman–Crippen MR) is 99.6 cm³/mol. The number of hydrogen-bond donors (Lipinski definition) is 1. The van der Waals surface area contributed by atoms with Crippen molar-refractivity contribution in [3.63, 3.8) is 0 Å². The van der Waals surface area contributed by atoms with Crippen LogP contribution in [0.2, 0.25) is 5.02 Å². The summed E-state index contributed by atoms with van der Waals surface area (Å²) in [6.45, 7) is -0.594. The zero-order chi connectivity index (χ0) is 20.1. The van der Waals surface area contributed by atoms with Crippen LogP contribution in [0.15, 0.2) is 47.0 Å². The normalized spacial score (nSPS) is 12.2. The maximum Gasteiger partial charge on any atom is 0.387 e. The van der Waals surface area contributed by atoms with Crippen molar-refractivity contribution in [1.82, 2.24) is 15.5 Å². The quantitative estimate of drug-likeness (QED) is 0.573. The molecule has 0 saturated heterocycles. The highest BCUT2D eigenvalue weighted by Crippen LogP contribution is 2.32. The second-order valence-electron chi connectivity index (χ2n) is 5.91. The minimum atomic E-state index is -2.94. The first-order valence-corrected chi connectivity index (χ1v) is 8.78. The van der Waals surface area contributed by atoms with Gasteiger partial charge in [0.15, 0.2) is 11.5 Å². The van der Waals surface area contributed by atoms with Crippen LogP contribution in [-0.2, 0) is 6.54 Å². The Morgan fingerprint density at radius 1 is 1.18 bits per heavy atom. The van der Waals surface area contributed by atoms with E-state index in [0.29, 0.717) is 28.8 Å². The number of nitrogens with zero attached hydrogens (tertiary/aromatic N) is 2. The molecule has 0 radical (unpaired) electrons. The molecule has 3 aromatic rings. The molecule has 0 aliphatic carbocycles. The zero-order valence-electron chi connectivity index (χ0n) is 15.2. The number of methoxy groups -OCH3 is 1. The Kier molecular flexibility index (Phi) is 6.43. The fourth-order valence-corrected chi connectivity index (χ4v) is 2.78. The second-order valence-corrected chi connectivity index (χ2v) is 6.35. The molecule has 1 atom stereocenters. The van der Waals surface area contributed by atoms with E-state index in [2.05, 4.69) is 20.2 Å². The number of halogens is 3. The third kappa shape index (κ3) is 4.96. The van der Waals surface area contributed by atoms with Gasteiger partial charge in [-0.1, -0.05) is 28.9 Å². The summed E-state index contributed by atoms with van der Waals surface area (Å²) in [6, 6.07) is 12.0. The molecule has 148 valence electrons. The molecular formula is C19H18ClF2N3O3. The standard InChI is InChI=1S/C19H18ClF2N3O3/c1-11(12-4-3-5-14(20)8-12)23-10-17-24-18(25-28-17)13-6-7-15(27-19(21)22)16(9-13)26-2/h3-9,11,19,23H,10H2,1-2H3. The van der Waals surface area contributed by atoms with Crippen molar-refractivity contribution in [1.29, 1.82) is 0 Å². The molecule has 1 N–H and O–H groups in total. The minimum Gasteiger partial charge on any atom is -0.493 e. The lowest BCUT2D eigenvalue weighted by Gasteiger charge is -2.12. The van der Waals surface area contributed by atoms with E-state index in [1.54, 1.807) is 6.07 Å². The van der Waals surface area contributed by atoms with Gasteiger partial charge in [-0.3, -0.25) is 0 Å². The molecule has 6 nitrogen and oxygen atoms in total. The van der Waals surface area contributed by atoms with Crippen molar-refractivity contribution < 1.29 is 22.8 Å². The Morgan fingerprint density at radius 3 is 2.71 bits per heavy atom. The smallest absolute Gasteiger partial charge is 0.387 e. The molecular weight excluding hydrogens is 392 g/mol. The van der Waals surface area contributed by atoms with E-state index in [-0.39, 0.29) is 17.5 Å². The lowest BCUT2D eigenvalue weighted by atomic mass is 10.1. The van der Waals surface area contributed by atoms with Crippen LogP contribution in [0.5, 0.6) is 11.5 Å². The summed E-state index contributed by atoms with van der Waals surface area (Å²) < 4.78 is 39.6. The van der Waals surface area contributed by atoms with Gasteiger partial charge in [-0.2, -0.15) is 13.8 Å². The van der Waals surface area contributed by atoms with Gasteiger partial charge >= 0.3 is 6.61 Å². The summed E-state index contributed by atoms with van der Waals surface area (Å²) in [7, 11) is 1.36. The summed E-state index contributed by atoms with van der Waals surface area (Å²) in [5, 5.41) is 7.87. The van der Waals surface area contributed by atoms with Crippen LogP contribution in [0.3, 0.4) is 0 Å². The minimum absolute atomic E-state index is 0.0277. The highest BCUT2D eigenvalue weighted by atomic mass is 35.5. The summed E-state index contributed by atoms with van der Waals surface area (Å²) >= 11 is 6.01. The molecule has 1 heterocycles. The highest BCUT2D eigenvalue weighted by Gasteiger charge is 2.15. The molecule has 1 aromatic heterocycles. The van der Waals surface area contributed by atoms with E-state index < -0.39 is 6.61 Å². The monoisotopic (exact) mass is 409 g/mol. The van der Waals surface area contributed by atoms with Crippen molar-refractivity contribution in [3.05, 3.63) is 58.9 Å². The number of benzene rings is 2. The molecule has 0 aliphatic rings. The van der Waals surface area contributed by atoms with E-state index in [4.69, 9.17) is 20.9 Å². The number of nitrogens with one attached hydrogen (secondary N) is 1. The number of aromatic nitrogens is 2. The van der Waals surface area contributed by atoms with Crippen molar-refractivity contribution in [2.24, 2.45) is 0 Å². The molecule has 0 amide bonds. The van der Waals surface area contributed by atoms with Gasteiger partial charge in [-0.15, -0.1) is 0 Å². The van der Waals surface area contributed by atoms with Crippen LogP contribution in [0.4, 0.5) is 8.78 Å². The lowest BCUT2D eigenvalue weighted by molar-refractivity contribution is -0.0512. The molecule has 28 heavy (non-hydrogen) atoms. The summed E-state index contributed by atoms with van der Waals surface area (Å²) in [5.41, 5.74) is 1.59. The largest absolute Gasteiger partial charge is 0.493 e. The molecule has 1 unspecified atom stereocenters. The highest BCUT2D eigenvalue weighted by molar-refractivity contribution is 6.30. The molecule has 0 saturated carbocycles. The Morgan fingerprint density at radius 2 is 2.00 bits per heavy atom. The van der Waals surface area contributed by atoms with Crippen molar-refractivity contribution in [3.8, 4) is 22.9 Å². The van der Waals surface area contributed by atoms with Gasteiger partial charge in [-0.25, -0.2) is 0 Å². The molecule has 0 fully saturated rings. The molecule has 9 heteroatoms. The maximum atomic E-state index is 12.4. The molecule has 0 aliphatic heterocycles. The summed E-state index contributed by atoms with van der Waals surface area (Å²) in [6.07, 6.45) is 0. The van der Waals surface area contributed by atoms with Gasteiger partial charge in [0.05, 0.1) is 13.7 Å². The number of ether oxygens (including phenoxy) is 2. The van der Waals surface area contributed by atoms with Gasteiger partial charge in [0.2, 0.25) is 11.7 Å². The van der Waals surface area contributed by atoms with Gasteiger partial charge in [0.1, 0.15) is 0 Å². The third-order valence-corrected chi connectivity index (χ3v) is 4.25. The first-order chi connectivity index (χ1) is 13.5. The van der Waals surface area contributed by atoms with Crippen LogP contribution in [0.1, 0.15) is 24.4 Å². The van der Waals surface area contributed by atoms with E-state index in [1.165, 1.54) is 19.2 Å². The van der Waals surface area contributed by atoms with E-state index in [0.717, 1.165) is 5.56 Å². The topological polar surface area (TPSA) is 69.4 Å². The SMILES string of the molecule is COc1cc(-c2noc(CNC(C)c3cccc(Cl)c3)n2)ccc1OC(F)F. The summed E-state index contributed by atoms with van der Waals surface area (Å²) in [5.74, 6) is 0.781. The lowest BCUT2D eigenvalue weighted by Crippen LogP contribution is -2.18. The summed E-state index contributed by atoms with van der Waals surface area (Å²) in [4.78, 5) is 4.32. The van der Waals surface area contributed by atoms with Crippen LogP contribution >= 0.6 is 11.6 Å². The van der Waals surface area contributed by atoms with Crippen LogP contribution in [-0.4, -0.2) is 23.9 Å². The van der Waals surface area contributed by atoms with E-state index >= 15 is 0 Å².